The zero-order valence-electron chi connectivity index (χ0n) is 11.9. The molecule has 1 aromatic heterocycles. The monoisotopic (exact) mass is 277 g/mol. The predicted octanol–water partition coefficient (Wildman–Crippen LogP) is 1.60. The molecule has 0 aliphatic carbocycles. The summed E-state index contributed by atoms with van der Waals surface area (Å²) in [6.45, 7) is 3.87. The molecule has 5 heteroatoms. The summed E-state index contributed by atoms with van der Waals surface area (Å²) in [6, 6.07) is 5.58. The van der Waals surface area contributed by atoms with E-state index in [1.807, 2.05) is 25.1 Å². The SMILES string of the molecule is CCC[C@@H]1C[C@](C)(C(=O)CNc2cccc[nH+]2)OC1=O. The topological polar surface area (TPSA) is 69.5 Å². The second-order valence-corrected chi connectivity index (χ2v) is 5.39. The van der Waals surface area contributed by atoms with Crippen LogP contribution in [-0.2, 0) is 14.3 Å². The van der Waals surface area contributed by atoms with Gasteiger partial charge in [0.25, 0.3) is 5.82 Å². The largest absolute Gasteiger partial charge is 0.451 e. The number of ether oxygens (including phenoxy) is 1. The molecule has 0 saturated carbocycles. The molecule has 2 N–H and O–H groups in total. The Morgan fingerprint density at radius 2 is 2.35 bits per heavy atom. The van der Waals surface area contributed by atoms with Crippen LogP contribution < -0.4 is 10.3 Å². The average molecular weight is 277 g/mol. The van der Waals surface area contributed by atoms with Crippen molar-refractivity contribution in [2.75, 3.05) is 11.9 Å². The van der Waals surface area contributed by atoms with E-state index in [2.05, 4.69) is 10.3 Å². The molecule has 20 heavy (non-hydrogen) atoms. The maximum Gasteiger partial charge on any atom is 0.310 e. The van der Waals surface area contributed by atoms with E-state index in [0.717, 1.165) is 18.7 Å². The fourth-order valence-corrected chi connectivity index (χ4v) is 2.51. The lowest BCUT2D eigenvalue weighted by Gasteiger charge is -2.19. The van der Waals surface area contributed by atoms with Gasteiger partial charge in [0.05, 0.1) is 12.1 Å². The summed E-state index contributed by atoms with van der Waals surface area (Å²) in [6.07, 6.45) is 3.96. The number of aromatic amines is 1. The standard InChI is InChI=1S/C15H20N2O3/c1-3-6-11-9-15(2,20-14(11)19)12(18)10-17-13-7-4-5-8-16-13/h4-5,7-8,11H,3,6,9-10H2,1-2H3,(H,16,17)/p+1/t11-,15-/m1/s1. The Labute approximate surface area is 118 Å². The summed E-state index contributed by atoms with van der Waals surface area (Å²) in [5.41, 5.74) is -0.987. The number of hydrogen-bond donors (Lipinski definition) is 1. The lowest BCUT2D eigenvalue weighted by molar-refractivity contribution is -0.361. The van der Waals surface area contributed by atoms with Gasteiger partial charge in [0.15, 0.2) is 5.60 Å². The number of cyclic esters (lactones) is 1. The van der Waals surface area contributed by atoms with Gasteiger partial charge in [-0.3, -0.25) is 14.9 Å². The summed E-state index contributed by atoms with van der Waals surface area (Å²) in [5, 5.41) is 3.01. The number of pyridine rings is 1. The zero-order chi connectivity index (χ0) is 14.6. The Hall–Kier alpha value is -1.91. The van der Waals surface area contributed by atoms with Gasteiger partial charge in [-0.15, -0.1) is 0 Å². The van der Waals surface area contributed by atoms with Crippen molar-refractivity contribution in [3.63, 3.8) is 0 Å². The maximum atomic E-state index is 12.3. The first-order chi connectivity index (χ1) is 9.55. The first kappa shape index (κ1) is 14.5. The second kappa shape index (κ2) is 6.03. The number of aromatic nitrogens is 1. The van der Waals surface area contributed by atoms with E-state index < -0.39 is 5.60 Å². The van der Waals surface area contributed by atoms with Crippen LogP contribution in [0.3, 0.4) is 0 Å². The lowest BCUT2D eigenvalue weighted by atomic mass is 9.89. The van der Waals surface area contributed by atoms with Gasteiger partial charge >= 0.3 is 5.97 Å². The van der Waals surface area contributed by atoms with Gasteiger partial charge < -0.3 is 4.74 Å². The molecule has 2 rings (SSSR count). The van der Waals surface area contributed by atoms with E-state index >= 15 is 0 Å². The molecule has 0 spiro atoms. The Morgan fingerprint density at radius 1 is 1.55 bits per heavy atom. The molecule has 1 saturated heterocycles. The van der Waals surface area contributed by atoms with Gasteiger partial charge in [-0.1, -0.05) is 19.4 Å². The van der Waals surface area contributed by atoms with Crippen LogP contribution in [0, 0.1) is 5.92 Å². The van der Waals surface area contributed by atoms with E-state index in [1.54, 1.807) is 13.1 Å². The Kier molecular flexibility index (Phi) is 4.37. The minimum Gasteiger partial charge on any atom is -0.451 e. The van der Waals surface area contributed by atoms with Gasteiger partial charge in [0, 0.05) is 12.5 Å². The molecule has 1 aromatic rings. The number of hydrogen-bond acceptors (Lipinski definition) is 4. The third-order valence-corrected chi connectivity index (χ3v) is 3.67. The molecule has 2 heterocycles. The fraction of sp³-hybridized carbons (Fsp3) is 0.533. The zero-order valence-corrected chi connectivity index (χ0v) is 11.9. The number of carbonyl (C=O) groups excluding carboxylic acids is 2. The number of nitrogens with one attached hydrogen (secondary N) is 2. The van der Waals surface area contributed by atoms with Crippen molar-refractivity contribution in [2.45, 2.75) is 38.7 Å². The molecule has 108 valence electrons. The third-order valence-electron chi connectivity index (χ3n) is 3.67. The predicted molar refractivity (Wildman–Crippen MR) is 74.0 cm³/mol. The fourth-order valence-electron chi connectivity index (χ4n) is 2.51. The Bertz CT molecular complexity index is 489. The normalized spacial score (nSPS) is 25.3. The van der Waals surface area contributed by atoms with Crippen LogP contribution >= 0.6 is 0 Å². The molecule has 5 nitrogen and oxygen atoms in total. The quantitative estimate of drug-likeness (QED) is 0.802. The number of esters is 1. The molecule has 0 unspecified atom stereocenters. The van der Waals surface area contributed by atoms with Crippen LogP contribution in [0.4, 0.5) is 5.82 Å². The molecular weight excluding hydrogens is 256 g/mol. The van der Waals surface area contributed by atoms with Gasteiger partial charge in [0.1, 0.15) is 6.54 Å². The highest BCUT2D eigenvalue weighted by Crippen LogP contribution is 2.34. The van der Waals surface area contributed by atoms with Crippen LogP contribution in [0.25, 0.3) is 0 Å². The van der Waals surface area contributed by atoms with E-state index in [4.69, 9.17) is 4.74 Å². The lowest BCUT2D eigenvalue weighted by Crippen LogP contribution is -2.39. The van der Waals surface area contributed by atoms with Crippen molar-refractivity contribution in [3.05, 3.63) is 24.4 Å². The van der Waals surface area contributed by atoms with Crippen LogP contribution in [0.2, 0.25) is 0 Å². The van der Waals surface area contributed by atoms with Crippen LogP contribution in [0.5, 0.6) is 0 Å². The van der Waals surface area contributed by atoms with E-state index in [9.17, 15) is 9.59 Å². The highest BCUT2D eigenvalue weighted by atomic mass is 16.6. The molecule has 0 amide bonds. The minimum atomic E-state index is -0.987. The maximum absolute atomic E-state index is 12.3. The third kappa shape index (κ3) is 3.15. The summed E-state index contributed by atoms with van der Waals surface area (Å²) >= 11 is 0. The smallest absolute Gasteiger partial charge is 0.310 e. The van der Waals surface area contributed by atoms with Gasteiger partial charge in [-0.05, 0) is 19.4 Å². The van der Waals surface area contributed by atoms with Crippen molar-refractivity contribution in [3.8, 4) is 0 Å². The number of anilines is 1. The van der Waals surface area contributed by atoms with Crippen molar-refractivity contribution >= 4 is 17.6 Å². The molecule has 0 radical (unpaired) electrons. The van der Waals surface area contributed by atoms with Crippen molar-refractivity contribution in [2.24, 2.45) is 5.92 Å². The number of Topliss-reactive ketones (excluding diaryl/α,β-unsaturated/α-hetero) is 1. The van der Waals surface area contributed by atoms with Crippen LogP contribution in [0.15, 0.2) is 24.4 Å². The second-order valence-electron chi connectivity index (χ2n) is 5.39. The van der Waals surface area contributed by atoms with Crippen LogP contribution in [-0.4, -0.2) is 23.9 Å². The number of rotatable bonds is 6. The molecule has 0 aromatic carbocycles. The van der Waals surface area contributed by atoms with Gasteiger partial charge in [-0.25, -0.2) is 4.98 Å². The van der Waals surface area contributed by atoms with Gasteiger partial charge in [0.2, 0.25) is 5.78 Å². The molecule has 0 bridgehead atoms. The summed E-state index contributed by atoms with van der Waals surface area (Å²) in [7, 11) is 0. The first-order valence-corrected chi connectivity index (χ1v) is 7.02. The molecule has 1 fully saturated rings. The van der Waals surface area contributed by atoms with E-state index in [1.165, 1.54) is 0 Å². The number of H-pyrrole nitrogens is 1. The minimum absolute atomic E-state index is 0.0956. The van der Waals surface area contributed by atoms with Crippen molar-refractivity contribution in [1.29, 1.82) is 0 Å². The first-order valence-electron chi connectivity index (χ1n) is 7.02. The molecule has 1 aliphatic heterocycles. The number of ketones is 1. The summed E-state index contributed by atoms with van der Waals surface area (Å²) in [5.74, 6) is 0.284. The van der Waals surface area contributed by atoms with Crippen molar-refractivity contribution in [1.82, 2.24) is 0 Å². The van der Waals surface area contributed by atoms with Crippen molar-refractivity contribution < 1.29 is 19.3 Å². The number of carbonyl (C=O) groups is 2. The molecule has 2 atom stereocenters. The Balaban J connectivity index is 1.94. The highest BCUT2D eigenvalue weighted by molar-refractivity contribution is 5.94. The van der Waals surface area contributed by atoms with E-state index in [-0.39, 0.29) is 24.2 Å². The van der Waals surface area contributed by atoms with Gasteiger partial charge in [-0.2, -0.15) is 0 Å². The van der Waals surface area contributed by atoms with E-state index in [0.29, 0.717) is 6.42 Å². The van der Waals surface area contributed by atoms with Crippen LogP contribution in [0.1, 0.15) is 33.1 Å². The Morgan fingerprint density at radius 3 is 3.00 bits per heavy atom. The average Bonchev–Trinajstić information content (AvgIpc) is 2.74. The summed E-state index contributed by atoms with van der Waals surface area (Å²) < 4.78 is 5.33. The molecule has 1 aliphatic rings. The summed E-state index contributed by atoms with van der Waals surface area (Å²) in [4.78, 5) is 27.0. The highest BCUT2D eigenvalue weighted by Gasteiger charge is 2.48. The molecular formula is C15H21N2O3+.